The molecule has 1 amide bonds. The third-order valence-corrected chi connectivity index (χ3v) is 4.63. The van der Waals surface area contributed by atoms with Crippen LogP contribution in [0.2, 0.25) is 0 Å². The number of hydrogen-bond donors (Lipinski definition) is 1. The van der Waals surface area contributed by atoms with Crippen LogP contribution in [0.3, 0.4) is 0 Å². The summed E-state index contributed by atoms with van der Waals surface area (Å²) in [6, 6.07) is 8.38. The van der Waals surface area contributed by atoms with Crippen molar-refractivity contribution in [1.29, 1.82) is 0 Å². The van der Waals surface area contributed by atoms with Gasteiger partial charge in [0.05, 0.1) is 19.8 Å². The molecular weight excluding hydrogens is 337 g/mol. The molecule has 1 saturated heterocycles. The first-order valence-electron chi connectivity index (χ1n) is 8.92. The number of rotatable bonds is 7. The number of nitrogens with zero attached hydrogens (tertiary/aromatic N) is 2. The van der Waals surface area contributed by atoms with Crippen molar-refractivity contribution in [1.82, 2.24) is 15.4 Å². The van der Waals surface area contributed by atoms with E-state index in [0.717, 1.165) is 32.7 Å². The SMILES string of the molecule is C[C@@H](CCC(=O)NCc1cc(-c2ccccc2F)no1)N1CCOCC1. The van der Waals surface area contributed by atoms with Gasteiger partial charge in [0.25, 0.3) is 0 Å². The zero-order chi connectivity index (χ0) is 18.4. The van der Waals surface area contributed by atoms with Crippen molar-refractivity contribution in [3.63, 3.8) is 0 Å². The van der Waals surface area contributed by atoms with Gasteiger partial charge in [0.2, 0.25) is 5.91 Å². The Hall–Kier alpha value is -2.25. The highest BCUT2D eigenvalue weighted by atomic mass is 19.1. The fourth-order valence-corrected chi connectivity index (χ4v) is 3.01. The lowest BCUT2D eigenvalue weighted by Crippen LogP contribution is -2.42. The number of benzene rings is 1. The van der Waals surface area contributed by atoms with E-state index >= 15 is 0 Å². The molecule has 140 valence electrons. The van der Waals surface area contributed by atoms with Gasteiger partial charge in [-0.15, -0.1) is 0 Å². The molecule has 0 bridgehead atoms. The summed E-state index contributed by atoms with van der Waals surface area (Å²) in [5, 5.41) is 6.70. The molecule has 1 aliphatic heterocycles. The van der Waals surface area contributed by atoms with E-state index in [0.29, 0.717) is 29.5 Å². The fraction of sp³-hybridized carbons (Fsp3) is 0.474. The second-order valence-electron chi connectivity index (χ2n) is 6.47. The van der Waals surface area contributed by atoms with Gasteiger partial charge in [-0.05, 0) is 25.5 Å². The summed E-state index contributed by atoms with van der Waals surface area (Å²) in [5.41, 5.74) is 0.807. The zero-order valence-corrected chi connectivity index (χ0v) is 14.9. The number of carbonyl (C=O) groups is 1. The lowest BCUT2D eigenvalue weighted by molar-refractivity contribution is -0.121. The van der Waals surface area contributed by atoms with Gasteiger partial charge in [0.15, 0.2) is 5.76 Å². The Kier molecular flexibility index (Phi) is 6.35. The molecule has 1 fully saturated rings. The molecule has 1 N–H and O–H groups in total. The van der Waals surface area contributed by atoms with Crippen LogP contribution in [0, 0.1) is 5.82 Å². The lowest BCUT2D eigenvalue weighted by atomic mass is 10.1. The summed E-state index contributed by atoms with van der Waals surface area (Å²) >= 11 is 0. The van der Waals surface area contributed by atoms with Crippen LogP contribution < -0.4 is 5.32 Å². The average molecular weight is 361 g/mol. The molecule has 26 heavy (non-hydrogen) atoms. The molecule has 0 radical (unpaired) electrons. The molecule has 3 rings (SSSR count). The second-order valence-corrected chi connectivity index (χ2v) is 6.47. The van der Waals surface area contributed by atoms with Crippen LogP contribution in [0.15, 0.2) is 34.9 Å². The van der Waals surface area contributed by atoms with Crippen molar-refractivity contribution in [3.8, 4) is 11.3 Å². The summed E-state index contributed by atoms with van der Waals surface area (Å²) in [7, 11) is 0. The number of hydrogen-bond acceptors (Lipinski definition) is 5. The highest BCUT2D eigenvalue weighted by molar-refractivity contribution is 5.75. The first-order valence-corrected chi connectivity index (χ1v) is 8.92. The third kappa shape index (κ3) is 4.89. The lowest BCUT2D eigenvalue weighted by Gasteiger charge is -2.32. The fourth-order valence-electron chi connectivity index (χ4n) is 3.01. The minimum Gasteiger partial charge on any atom is -0.379 e. The normalized spacial score (nSPS) is 16.4. The first kappa shape index (κ1) is 18.5. The van der Waals surface area contributed by atoms with E-state index in [9.17, 15) is 9.18 Å². The van der Waals surface area contributed by atoms with Gasteiger partial charge in [0, 0.05) is 37.2 Å². The number of nitrogens with one attached hydrogen (secondary N) is 1. The van der Waals surface area contributed by atoms with Crippen LogP contribution in [0.5, 0.6) is 0 Å². The molecule has 7 heteroatoms. The van der Waals surface area contributed by atoms with Crippen LogP contribution in [0.1, 0.15) is 25.5 Å². The van der Waals surface area contributed by atoms with Gasteiger partial charge >= 0.3 is 0 Å². The van der Waals surface area contributed by atoms with Gasteiger partial charge in [-0.25, -0.2) is 4.39 Å². The maximum Gasteiger partial charge on any atom is 0.220 e. The molecule has 1 atom stereocenters. The van der Waals surface area contributed by atoms with E-state index in [1.807, 2.05) is 0 Å². The van der Waals surface area contributed by atoms with Gasteiger partial charge in [-0.2, -0.15) is 0 Å². The van der Waals surface area contributed by atoms with Crippen molar-refractivity contribution in [3.05, 3.63) is 41.9 Å². The second kappa shape index (κ2) is 8.91. The van der Waals surface area contributed by atoms with Crippen LogP contribution >= 0.6 is 0 Å². The number of carbonyl (C=O) groups excluding carboxylic acids is 1. The van der Waals surface area contributed by atoms with Crippen molar-refractivity contribution in [2.45, 2.75) is 32.4 Å². The summed E-state index contributed by atoms with van der Waals surface area (Å²) in [6.45, 7) is 5.72. The standard InChI is InChI=1S/C19H24FN3O3/c1-14(23-8-10-25-11-9-23)6-7-19(24)21-13-15-12-18(22-26-15)16-4-2-3-5-17(16)20/h2-5,12,14H,6-11,13H2,1H3,(H,21,24)/t14-/m0/s1. The first-order chi connectivity index (χ1) is 12.6. The Morgan fingerprint density at radius 1 is 1.35 bits per heavy atom. The van der Waals surface area contributed by atoms with E-state index < -0.39 is 0 Å². The monoisotopic (exact) mass is 361 g/mol. The Morgan fingerprint density at radius 3 is 2.88 bits per heavy atom. The van der Waals surface area contributed by atoms with Crippen LogP contribution in [0.4, 0.5) is 4.39 Å². The van der Waals surface area contributed by atoms with E-state index in [-0.39, 0.29) is 18.3 Å². The Bertz CT molecular complexity index is 728. The van der Waals surface area contributed by atoms with Crippen molar-refractivity contribution < 1.29 is 18.4 Å². The molecule has 0 spiro atoms. The molecule has 1 aromatic carbocycles. The minimum atomic E-state index is -0.353. The van der Waals surface area contributed by atoms with Crippen molar-refractivity contribution in [2.24, 2.45) is 0 Å². The minimum absolute atomic E-state index is 0.0334. The predicted molar refractivity (Wildman–Crippen MR) is 94.8 cm³/mol. The van der Waals surface area contributed by atoms with Gasteiger partial charge in [0.1, 0.15) is 11.5 Å². The summed E-state index contributed by atoms with van der Waals surface area (Å²) in [6.07, 6.45) is 1.25. The molecule has 0 saturated carbocycles. The molecular formula is C19H24FN3O3. The molecule has 0 unspecified atom stereocenters. The maximum atomic E-state index is 13.8. The summed E-state index contributed by atoms with van der Waals surface area (Å²) in [5.74, 6) is 0.111. The number of amides is 1. The molecule has 0 aliphatic carbocycles. The Balaban J connectivity index is 1.44. The highest BCUT2D eigenvalue weighted by Crippen LogP contribution is 2.22. The molecule has 6 nitrogen and oxygen atoms in total. The average Bonchev–Trinajstić information content (AvgIpc) is 3.14. The summed E-state index contributed by atoms with van der Waals surface area (Å²) in [4.78, 5) is 14.4. The number of aromatic nitrogens is 1. The molecule has 2 aromatic rings. The van der Waals surface area contributed by atoms with Crippen LogP contribution in [-0.4, -0.2) is 48.3 Å². The number of halogens is 1. The topological polar surface area (TPSA) is 67.6 Å². The van der Waals surface area contributed by atoms with E-state index in [1.165, 1.54) is 6.07 Å². The predicted octanol–water partition coefficient (Wildman–Crippen LogP) is 2.60. The smallest absolute Gasteiger partial charge is 0.220 e. The number of morpholine rings is 1. The van der Waals surface area contributed by atoms with Crippen molar-refractivity contribution >= 4 is 5.91 Å². The van der Waals surface area contributed by atoms with Crippen molar-refractivity contribution in [2.75, 3.05) is 26.3 Å². The highest BCUT2D eigenvalue weighted by Gasteiger charge is 2.18. The zero-order valence-electron chi connectivity index (χ0n) is 14.9. The van der Waals surface area contributed by atoms with Gasteiger partial charge < -0.3 is 14.6 Å². The molecule has 2 heterocycles. The Morgan fingerprint density at radius 2 is 2.12 bits per heavy atom. The quantitative estimate of drug-likeness (QED) is 0.821. The summed E-state index contributed by atoms with van der Waals surface area (Å²) < 4.78 is 24.3. The third-order valence-electron chi connectivity index (χ3n) is 4.63. The molecule has 1 aliphatic rings. The largest absolute Gasteiger partial charge is 0.379 e. The molecule has 1 aromatic heterocycles. The van der Waals surface area contributed by atoms with Crippen LogP contribution in [0.25, 0.3) is 11.3 Å². The van der Waals surface area contributed by atoms with Crippen LogP contribution in [-0.2, 0) is 16.1 Å². The van der Waals surface area contributed by atoms with E-state index in [2.05, 4.69) is 22.3 Å². The number of ether oxygens (including phenoxy) is 1. The van der Waals surface area contributed by atoms with E-state index in [1.54, 1.807) is 24.3 Å². The van der Waals surface area contributed by atoms with Gasteiger partial charge in [-0.3, -0.25) is 9.69 Å². The van der Waals surface area contributed by atoms with E-state index in [4.69, 9.17) is 9.26 Å². The van der Waals surface area contributed by atoms with Gasteiger partial charge in [-0.1, -0.05) is 17.3 Å². The Labute approximate surface area is 152 Å². The maximum absolute atomic E-state index is 13.8.